The van der Waals surface area contributed by atoms with Gasteiger partial charge in [0.15, 0.2) is 0 Å². The molecule has 0 aliphatic carbocycles. The molecule has 0 aromatic carbocycles. The van der Waals surface area contributed by atoms with Crippen molar-refractivity contribution >= 4 is 21.7 Å². The molecule has 1 N–H and O–H groups in total. The molecule has 1 saturated heterocycles. The molecule has 0 spiro atoms. The van der Waals surface area contributed by atoms with Gasteiger partial charge >= 0.3 is 0 Å². The van der Waals surface area contributed by atoms with Crippen LogP contribution in [0.4, 0.5) is 11.6 Å². The van der Waals surface area contributed by atoms with Crippen molar-refractivity contribution in [2.45, 2.75) is 25.7 Å². The van der Waals surface area contributed by atoms with Gasteiger partial charge in [0.1, 0.15) is 11.6 Å². The number of hydrogen-bond acceptors (Lipinski definition) is 5. The third kappa shape index (κ3) is 4.10. The summed E-state index contributed by atoms with van der Waals surface area (Å²) in [5, 5.41) is 3.23. The number of nitrogens with one attached hydrogen (secondary N) is 1. The summed E-state index contributed by atoms with van der Waals surface area (Å²) in [6, 6.07) is 11.7. The topological polar surface area (TPSA) is 75.2 Å². The molecule has 0 atom stereocenters. The van der Waals surface area contributed by atoms with E-state index in [2.05, 4.69) is 15.3 Å². The number of sulfonamides is 1. The van der Waals surface area contributed by atoms with Gasteiger partial charge in [0.2, 0.25) is 10.0 Å². The second-order valence-corrected chi connectivity index (χ2v) is 8.16. The van der Waals surface area contributed by atoms with E-state index in [-0.39, 0.29) is 5.92 Å². The van der Waals surface area contributed by atoms with Gasteiger partial charge in [-0.3, -0.25) is 0 Å². The van der Waals surface area contributed by atoms with Crippen molar-refractivity contribution in [1.82, 2.24) is 14.3 Å². The Hall–Kier alpha value is -1.99. The molecule has 1 aliphatic rings. The summed E-state index contributed by atoms with van der Waals surface area (Å²) < 4.78 is 24.8. The molecule has 24 heavy (non-hydrogen) atoms. The molecule has 2 aromatic rings. The number of anilines is 2. The van der Waals surface area contributed by atoms with Crippen LogP contribution in [-0.4, -0.2) is 42.0 Å². The van der Waals surface area contributed by atoms with Crippen molar-refractivity contribution in [3.8, 4) is 0 Å². The molecular weight excluding hydrogens is 324 g/mol. The minimum absolute atomic E-state index is 0.287. The van der Waals surface area contributed by atoms with Gasteiger partial charge in [-0.05, 0) is 44.0 Å². The van der Waals surface area contributed by atoms with Crippen LogP contribution in [0.25, 0.3) is 0 Å². The number of piperidine rings is 1. The molecule has 7 heteroatoms. The maximum atomic E-state index is 11.6. The zero-order chi connectivity index (χ0) is 17.2. The molecule has 0 saturated carbocycles. The summed E-state index contributed by atoms with van der Waals surface area (Å²) >= 11 is 0. The normalized spacial score (nSPS) is 16.9. The second kappa shape index (κ2) is 6.86. The fourth-order valence-electron chi connectivity index (χ4n) is 2.98. The highest BCUT2D eigenvalue weighted by Gasteiger charge is 2.26. The van der Waals surface area contributed by atoms with Crippen LogP contribution >= 0.6 is 0 Å². The third-order valence-corrected chi connectivity index (χ3v) is 5.56. The smallest absolute Gasteiger partial charge is 0.211 e. The maximum absolute atomic E-state index is 11.6. The highest BCUT2D eigenvalue weighted by molar-refractivity contribution is 7.88. The number of pyridine rings is 2. The van der Waals surface area contributed by atoms with E-state index in [1.807, 2.05) is 43.3 Å². The standard InChI is InChI=1S/C17H22N4O2S/c1-13-5-3-7-16(18-13)20-17-8-4-6-15(19-17)14-9-11-21(12-10-14)24(2,22)23/h3-8,14H,9-12H2,1-2H3,(H,18,19,20). The van der Waals surface area contributed by atoms with Crippen LogP contribution < -0.4 is 5.32 Å². The first-order valence-corrected chi connectivity index (χ1v) is 9.89. The van der Waals surface area contributed by atoms with E-state index >= 15 is 0 Å². The van der Waals surface area contributed by atoms with Crippen LogP contribution in [0.2, 0.25) is 0 Å². The molecule has 3 heterocycles. The average Bonchev–Trinajstić information content (AvgIpc) is 2.54. The van der Waals surface area contributed by atoms with Crippen LogP contribution in [0.5, 0.6) is 0 Å². The quantitative estimate of drug-likeness (QED) is 0.921. The maximum Gasteiger partial charge on any atom is 0.211 e. The zero-order valence-electron chi connectivity index (χ0n) is 13.9. The minimum Gasteiger partial charge on any atom is -0.325 e. The second-order valence-electron chi connectivity index (χ2n) is 6.17. The van der Waals surface area contributed by atoms with Crippen LogP contribution in [0.3, 0.4) is 0 Å². The summed E-state index contributed by atoms with van der Waals surface area (Å²) in [6.07, 6.45) is 2.86. The minimum atomic E-state index is -3.09. The number of hydrogen-bond donors (Lipinski definition) is 1. The lowest BCUT2D eigenvalue weighted by Crippen LogP contribution is -2.37. The van der Waals surface area contributed by atoms with Gasteiger partial charge in [0.05, 0.1) is 6.26 Å². The number of nitrogens with zero attached hydrogens (tertiary/aromatic N) is 3. The lowest BCUT2D eigenvalue weighted by atomic mass is 9.94. The molecule has 1 fully saturated rings. The molecule has 128 valence electrons. The van der Waals surface area contributed by atoms with Crippen LogP contribution in [0.1, 0.15) is 30.1 Å². The van der Waals surface area contributed by atoms with Crippen LogP contribution in [0, 0.1) is 6.92 Å². The zero-order valence-corrected chi connectivity index (χ0v) is 14.8. The monoisotopic (exact) mass is 346 g/mol. The molecule has 2 aromatic heterocycles. The van der Waals surface area contributed by atoms with E-state index < -0.39 is 10.0 Å². The Balaban J connectivity index is 1.70. The fourth-order valence-corrected chi connectivity index (χ4v) is 3.85. The van der Waals surface area contributed by atoms with Gasteiger partial charge in [-0.1, -0.05) is 12.1 Å². The molecule has 0 unspecified atom stereocenters. The summed E-state index contributed by atoms with van der Waals surface area (Å²) in [4.78, 5) is 9.11. The average molecular weight is 346 g/mol. The Kier molecular flexibility index (Phi) is 4.82. The number of aromatic nitrogens is 2. The highest BCUT2D eigenvalue weighted by atomic mass is 32.2. The third-order valence-electron chi connectivity index (χ3n) is 4.26. The molecule has 0 amide bonds. The van der Waals surface area contributed by atoms with E-state index in [1.165, 1.54) is 6.26 Å². The van der Waals surface area contributed by atoms with Gasteiger partial charge in [-0.2, -0.15) is 0 Å². The summed E-state index contributed by atoms with van der Waals surface area (Å²) in [7, 11) is -3.09. The number of rotatable bonds is 4. The Labute approximate surface area is 143 Å². The largest absolute Gasteiger partial charge is 0.325 e. The van der Waals surface area contributed by atoms with Gasteiger partial charge in [-0.15, -0.1) is 0 Å². The van der Waals surface area contributed by atoms with Gasteiger partial charge in [0.25, 0.3) is 0 Å². The summed E-state index contributed by atoms with van der Waals surface area (Å²) in [5.74, 6) is 1.82. The Morgan fingerprint density at radius 2 is 1.67 bits per heavy atom. The van der Waals surface area contributed by atoms with Crippen molar-refractivity contribution in [1.29, 1.82) is 0 Å². The lowest BCUT2D eigenvalue weighted by Gasteiger charge is -2.30. The van der Waals surface area contributed by atoms with Crippen molar-refractivity contribution in [2.75, 3.05) is 24.7 Å². The predicted molar refractivity (Wildman–Crippen MR) is 94.9 cm³/mol. The van der Waals surface area contributed by atoms with Crippen molar-refractivity contribution in [3.05, 3.63) is 47.8 Å². The van der Waals surface area contributed by atoms with Gasteiger partial charge in [-0.25, -0.2) is 22.7 Å². The summed E-state index contributed by atoms with van der Waals surface area (Å²) in [5.41, 5.74) is 1.95. The fraction of sp³-hybridized carbons (Fsp3) is 0.412. The molecule has 1 aliphatic heterocycles. The van der Waals surface area contributed by atoms with E-state index in [0.717, 1.165) is 35.9 Å². The van der Waals surface area contributed by atoms with Gasteiger partial charge in [0, 0.05) is 30.4 Å². The highest BCUT2D eigenvalue weighted by Crippen LogP contribution is 2.28. The Morgan fingerprint density at radius 1 is 1.04 bits per heavy atom. The van der Waals surface area contributed by atoms with E-state index in [0.29, 0.717) is 13.1 Å². The lowest BCUT2D eigenvalue weighted by molar-refractivity contribution is 0.319. The predicted octanol–water partition coefficient (Wildman–Crippen LogP) is 2.67. The number of aryl methyl sites for hydroxylation is 1. The van der Waals surface area contributed by atoms with Gasteiger partial charge < -0.3 is 5.32 Å². The van der Waals surface area contributed by atoms with E-state index in [1.54, 1.807) is 4.31 Å². The molecule has 3 rings (SSSR count). The van der Waals surface area contributed by atoms with Crippen molar-refractivity contribution in [3.63, 3.8) is 0 Å². The van der Waals surface area contributed by atoms with Crippen molar-refractivity contribution < 1.29 is 8.42 Å². The SMILES string of the molecule is Cc1cccc(Nc2cccc(C3CCN(S(C)(=O)=O)CC3)n2)n1. The first kappa shape index (κ1) is 16.9. The Morgan fingerprint density at radius 3 is 2.29 bits per heavy atom. The summed E-state index contributed by atoms with van der Waals surface area (Å²) in [6.45, 7) is 3.06. The first-order chi connectivity index (χ1) is 11.4. The molecular formula is C17H22N4O2S. The first-order valence-electron chi connectivity index (χ1n) is 8.04. The Bertz CT molecular complexity index is 815. The van der Waals surface area contributed by atoms with E-state index in [4.69, 9.17) is 0 Å². The molecule has 0 bridgehead atoms. The van der Waals surface area contributed by atoms with Crippen LogP contribution in [0.15, 0.2) is 36.4 Å². The van der Waals surface area contributed by atoms with Crippen molar-refractivity contribution in [2.24, 2.45) is 0 Å². The molecule has 0 radical (unpaired) electrons. The van der Waals surface area contributed by atoms with Crippen LogP contribution in [-0.2, 0) is 10.0 Å². The molecule has 6 nitrogen and oxygen atoms in total. The van der Waals surface area contributed by atoms with E-state index in [9.17, 15) is 8.42 Å².